The summed E-state index contributed by atoms with van der Waals surface area (Å²) < 4.78 is 5.77. The molecule has 2 aliphatic heterocycles. The summed E-state index contributed by atoms with van der Waals surface area (Å²) in [4.78, 5) is 28.7. The summed E-state index contributed by atoms with van der Waals surface area (Å²) in [7, 11) is 1.70. The Hall–Kier alpha value is -2.18. The molecule has 3 atom stereocenters. The van der Waals surface area contributed by atoms with Crippen molar-refractivity contribution in [2.45, 2.75) is 70.4 Å². The van der Waals surface area contributed by atoms with Gasteiger partial charge in [0.05, 0.1) is 18.8 Å². The highest BCUT2D eigenvalue weighted by Crippen LogP contribution is 2.29. The number of aliphatic hydroxyl groups excluding tert-OH is 1. The van der Waals surface area contributed by atoms with Gasteiger partial charge in [0, 0.05) is 44.6 Å². The zero-order valence-electron chi connectivity index (χ0n) is 19.5. The van der Waals surface area contributed by atoms with E-state index < -0.39 is 0 Å². The Morgan fingerprint density at radius 2 is 1.91 bits per heavy atom. The SMILES string of the molecule is CO[C@@H](c1ccc(N2CCCCCCC2=O)cc1)[C@@H](C)/C=C/CC(=O)N1CCC[C@H]1CO. The summed E-state index contributed by atoms with van der Waals surface area (Å²) in [5, 5.41) is 9.42. The molecule has 0 spiro atoms. The maximum Gasteiger partial charge on any atom is 0.226 e. The number of hydrogen-bond donors (Lipinski definition) is 1. The molecular formula is C26H38N2O4. The van der Waals surface area contributed by atoms with Crippen LogP contribution in [0.2, 0.25) is 0 Å². The largest absolute Gasteiger partial charge is 0.394 e. The molecule has 2 fully saturated rings. The average Bonchev–Trinajstić information content (AvgIpc) is 3.27. The first-order valence-electron chi connectivity index (χ1n) is 12.0. The van der Waals surface area contributed by atoms with Crippen molar-refractivity contribution in [2.75, 3.05) is 31.7 Å². The lowest BCUT2D eigenvalue weighted by Crippen LogP contribution is -2.37. The van der Waals surface area contributed by atoms with E-state index in [1.165, 1.54) is 6.42 Å². The summed E-state index contributed by atoms with van der Waals surface area (Å²) in [6.45, 7) is 3.64. The molecule has 2 amide bonds. The second-order valence-corrected chi connectivity index (χ2v) is 9.01. The number of aliphatic hydroxyl groups is 1. The second-order valence-electron chi connectivity index (χ2n) is 9.01. The molecule has 6 heteroatoms. The van der Waals surface area contributed by atoms with Crippen LogP contribution in [0.25, 0.3) is 0 Å². The number of rotatable bonds is 8. The fourth-order valence-corrected chi connectivity index (χ4v) is 4.89. The lowest BCUT2D eigenvalue weighted by Gasteiger charge is -2.26. The molecule has 2 aliphatic rings. The third-order valence-corrected chi connectivity index (χ3v) is 6.73. The van der Waals surface area contributed by atoms with E-state index in [0.717, 1.165) is 56.4 Å². The standard InChI is InChI=1S/C26H38N2O4/c1-20(9-7-12-25(31)28-18-8-10-23(28)19-29)26(32-2)21-13-15-22(16-14-21)27-17-6-4-3-5-11-24(27)30/h7,9,13-16,20,23,26,29H,3-6,8,10-12,17-19H2,1-2H3/b9-7+/t20-,23-,26+/m0/s1. The van der Waals surface area contributed by atoms with Gasteiger partial charge < -0.3 is 19.6 Å². The molecule has 0 bridgehead atoms. The average molecular weight is 443 g/mol. The predicted molar refractivity (Wildman–Crippen MR) is 126 cm³/mol. The van der Waals surface area contributed by atoms with Crippen LogP contribution in [0.5, 0.6) is 0 Å². The van der Waals surface area contributed by atoms with Crippen molar-refractivity contribution in [1.29, 1.82) is 0 Å². The van der Waals surface area contributed by atoms with E-state index in [1.54, 1.807) is 12.0 Å². The molecule has 0 unspecified atom stereocenters. The molecule has 1 aromatic rings. The van der Waals surface area contributed by atoms with E-state index in [4.69, 9.17) is 4.74 Å². The second kappa shape index (κ2) is 12.2. The molecule has 2 heterocycles. The van der Waals surface area contributed by atoms with Crippen LogP contribution in [0.1, 0.15) is 70.0 Å². The molecule has 32 heavy (non-hydrogen) atoms. The van der Waals surface area contributed by atoms with Gasteiger partial charge in [0.1, 0.15) is 0 Å². The van der Waals surface area contributed by atoms with Gasteiger partial charge in [0.25, 0.3) is 0 Å². The van der Waals surface area contributed by atoms with Gasteiger partial charge in [-0.1, -0.05) is 44.1 Å². The summed E-state index contributed by atoms with van der Waals surface area (Å²) in [5.74, 6) is 0.374. The Bertz CT molecular complexity index is 777. The molecule has 0 saturated carbocycles. The Labute approximate surface area is 192 Å². The Morgan fingerprint density at radius 1 is 1.16 bits per heavy atom. The first-order valence-corrected chi connectivity index (χ1v) is 12.0. The summed E-state index contributed by atoms with van der Waals surface area (Å²) in [5.41, 5.74) is 2.01. The Morgan fingerprint density at radius 3 is 2.62 bits per heavy atom. The number of nitrogens with zero attached hydrogens (tertiary/aromatic N) is 2. The number of carbonyl (C=O) groups excluding carboxylic acids is 2. The van der Waals surface area contributed by atoms with Crippen molar-refractivity contribution < 1.29 is 19.4 Å². The van der Waals surface area contributed by atoms with E-state index in [9.17, 15) is 14.7 Å². The number of likely N-dealkylation sites (tertiary alicyclic amines) is 1. The smallest absolute Gasteiger partial charge is 0.226 e. The first-order chi connectivity index (χ1) is 15.5. The zero-order valence-corrected chi connectivity index (χ0v) is 19.5. The van der Waals surface area contributed by atoms with Crippen LogP contribution >= 0.6 is 0 Å². The van der Waals surface area contributed by atoms with Gasteiger partial charge in [-0.15, -0.1) is 0 Å². The molecule has 1 aromatic carbocycles. The van der Waals surface area contributed by atoms with E-state index in [-0.39, 0.29) is 36.5 Å². The van der Waals surface area contributed by atoms with Gasteiger partial charge in [-0.2, -0.15) is 0 Å². The highest BCUT2D eigenvalue weighted by atomic mass is 16.5. The molecule has 6 nitrogen and oxygen atoms in total. The molecular weight excluding hydrogens is 404 g/mol. The van der Waals surface area contributed by atoms with Crippen LogP contribution in [-0.4, -0.2) is 54.7 Å². The molecule has 0 radical (unpaired) electrons. The number of ether oxygens (including phenoxy) is 1. The van der Waals surface area contributed by atoms with Crippen molar-refractivity contribution in [3.05, 3.63) is 42.0 Å². The molecule has 0 aliphatic carbocycles. The number of amides is 2. The minimum Gasteiger partial charge on any atom is -0.394 e. The van der Waals surface area contributed by atoms with Crippen molar-refractivity contribution >= 4 is 17.5 Å². The lowest BCUT2D eigenvalue weighted by molar-refractivity contribution is -0.131. The van der Waals surface area contributed by atoms with Gasteiger partial charge in [-0.05, 0) is 43.4 Å². The van der Waals surface area contributed by atoms with E-state index in [2.05, 4.69) is 6.92 Å². The predicted octanol–water partition coefficient (Wildman–Crippen LogP) is 4.24. The highest BCUT2D eigenvalue weighted by Gasteiger charge is 2.27. The van der Waals surface area contributed by atoms with Crippen LogP contribution in [0.15, 0.2) is 36.4 Å². The van der Waals surface area contributed by atoms with Crippen molar-refractivity contribution in [2.24, 2.45) is 5.92 Å². The first kappa shape index (κ1) is 24.5. The fraction of sp³-hybridized carbons (Fsp3) is 0.615. The molecule has 0 aromatic heterocycles. The zero-order chi connectivity index (χ0) is 22.9. The van der Waals surface area contributed by atoms with Crippen LogP contribution in [0.3, 0.4) is 0 Å². The summed E-state index contributed by atoms with van der Waals surface area (Å²) in [6.07, 6.45) is 11.0. The molecule has 176 valence electrons. The van der Waals surface area contributed by atoms with Gasteiger partial charge in [0.15, 0.2) is 0 Å². The van der Waals surface area contributed by atoms with Crippen LogP contribution in [-0.2, 0) is 14.3 Å². The summed E-state index contributed by atoms with van der Waals surface area (Å²) >= 11 is 0. The van der Waals surface area contributed by atoms with Crippen LogP contribution in [0.4, 0.5) is 5.69 Å². The van der Waals surface area contributed by atoms with Gasteiger partial charge >= 0.3 is 0 Å². The Kier molecular flexibility index (Phi) is 9.30. The van der Waals surface area contributed by atoms with Crippen molar-refractivity contribution in [3.8, 4) is 0 Å². The number of methoxy groups -OCH3 is 1. The third-order valence-electron chi connectivity index (χ3n) is 6.73. The normalized spacial score (nSPS) is 22.1. The topological polar surface area (TPSA) is 70.1 Å². The van der Waals surface area contributed by atoms with Crippen LogP contribution in [0, 0.1) is 5.92 Å². The lowest BCUT2D eigenvalue weighted by atomic mass is 9.96. The number of benzene rings is 1. The van der Waals surface area contributed by atoms with Crippen molar-refractivity contribution in [1.82, 2.24) is 4.90 Å². The van der Waals surface area contributed by atoms with E-state index >= 15 is 0 Å². The maximum absolute atomic E-state index is 12.5. The van der Waals surface area contributed by atoms with Gasteiger partial charge in [0.2, 0.25) is 11.8 Å². The van der Waals surface area contributed by atoms with Gasteiger partial charge in [-0.25, -0.2) is 0 Å². The number of anilines is 1. The highest BCUT2D eigenvalue weighted by molar-refractivity contribution is 5.93. The fourth-order valence-electron chi connectivity index (χ4n) is 4.89. The summed E-state index contributed by atoms with van der Waals surface area (Å²) in [6, 6.07) is 8.09. The molecule has 3 rings (SSSR count). The van der Waals surface area contributed by atoms with E-state index in [0.29, 0.717) is 12.8 Å². The third kappa shape index (κ3) is 6.20. The van der Waals surface area contributed by atoms with Crippen LogP contribution < -0.4 is 4.90 Å². The number of hydrogen-bond acceptors (Lipinski definition) is 4. The van der Waals surface area contributed by atoms with Gasteiger partial charge in [-0.3, -0.25) is 9.59 Å². The van der Waals surface area contributed by atoms with Crippen molar-refractivity contribution in [3.63, 3.8) is 0 Å². The molecule has 2 saturated heterocycles. The monoisotopic (exact) mass is 442 g/mol. The van der Waals surface area contributed by atoms with E-state index in [1.807, 2.05) is 41.3 Å². The minimum absolute atomic E-state index is 0.0287. The quantitative estimate of drug-likeness (QED) is 0.612. The number of carbonyl (C=O) groups is 2. The minimum atomic E-state index is -0.129. The Balaban J connectivity index is 1.59. The molecule has 1 N–H and O–H groups in total. The maximum atomic E-state index is 12.5.